The highest BCUT2D eigenvalue weighted by Gasteiger charge is 2.21. The molecule has 1 aliphatic heterocycles. The molecule has 3 rings (SSSR count). The van der Waals surface area contributed by atoms with Gasteiger partial charge in [-0.05, 0) is 18.2 Å². The average Bonchev–Trinajstić information content (AvgIpc) is 2.61. The van der Waals surface area contributed by atoms with Crippen LogP contribution >= 0.6 is 11.8 Å². The van der Waals surface area contributed by atoms with E-state index in [-0.39, 0.29) is 5.91 Å². The molecule has 0 bridgehead atoms. The van der Waals surface area contributed by atoms with E-state index in [1.54, 1.807) is 18.5 Å². The molecule has 0 aliphatic carbocycles. The highest BCUT2D eigenvalue weighted by molar-refractivity contribution is 7.99. The first-order chi connectivity index (χ1) is 10.8. The molecule has 0 radical (unpaired) electrons. The minimum atomic E-state index is 0.158. The predicted molar refractivity (Wildman–Crippen MR) is 88.0 cm³/mol. The van der Waals surface area contributed by atoms with E-state index in [2.05, 4.69) is 27.0 Å². The molecule has 6 heteroatoms. The quantitative estimate of drug-likeness (QED) is 0.637. The third-order valence-corrected chi connectivity index (χ3v) is 4.48. The molecule has 1 aliphatic rings. The molecule has 1 amide bonds. The van der Waals surface area contributed by atoms with Crippen molar-refractivity contribution in [2.75, 3.05) is 36.8 Å². The van der Waals surface area contributed by atoms with Gasteiger partial charge in [0.25, 0.3) is 0 Å². The van der Waals surface area contributed by atoms with Crippen LogP contribution in [0.15, 0.2) is 53.9 Å². The van der Waals surface area contributed by atoms with Crippen LogP contribution in [-0.4, -0.2) is 52.7 Å². The molecule has 0 saturated carbocycles. The summed E-state index contributed by atoms with van der Waals surface area (Å²) in [5.74, 6) is 0.556. The molecule has 1 saturated heterocycles. The Hall–Kier alpha value is -2.08. The highest BCUT2D eigenvalue weighted by Crippen LogP contribution is 2.17. The zero-order valence-electron chi connectivity index (χ0n) is 12.3. The molecule has 2 heterocycles. The summed E-state index contributed by atoms with van der Waals surface area (Å²) >= 11 is 1.39. The number of aromatic nitrogens is 2. The Labute approximate surface area is 134 Å². The molecule has 2 aromatic rings. The second kappa shape index (κ2) is 7.26. The molecule has 22 heavy (non-hydrogen) atoms. The van der Waals surface area contributed by atoms with Crippen LogP contribution < -0.4 is 4.90 Å². The molecule has 5 nitrogen and oxygen atoms in total. The molecule has 0 N–H and O–H groups in total. The van der Waals surface area contributed by atoms with Gasteiger partial charge in [0.15, 0.2) is 5.16 Å². The molecule has 0 atom stereocenters. The summed E-state index contributed by atoms with van der Waals surface area (Å²) in [6.45, 7) is 3.29. The fourth-order valence-electron chi connectivity index (χ4n) is 2.43. The lowest BCUT2D eigenvalue weighted by molar-refractivity contribution is -0.128. The van der Waals surface area contributed by atoms with E-state index in [1.165, 1.54) is 17.4 Å². The average molecular weight is 314 g/mol. The molecule has 1 fully saturated rings. The monoisotopic (exact) mass is 314 g/mol. The van der Waals surface area contributed by atoms with E-state index in [9.17, 15) is 4.79 Å². The van der Waals surface area contributed by atoms with Crippen molar-refractivity contribution in [1.29, 1.82) is 0 Å². The van der Waals surface area contributed by atoms with Crippen molar-refractivity contribution in [2.24, 2.45) is 0 Å². The summed E-state index contributed by atoms with van der Waals surface area (Å²) in [5.41, 5.74) is 1.22. The number of thioether (sulfide) groups is 1. The summed E-state index contributed by atoms with van der Waals surface area (Å²) in [4.78, 5) is 24.7. The van der Waals surface area contributed by atoms with E-state index in [0.717, 1.165) is 26.2 Å². The topological polar surface area (TPSA) is 49.3 Å². The Morgan fingerprint density at radius 2 is 1.68 bits per heavy atom. The van der Waals surface area contributed by atoms with Crippen LogP contribution in [0.4, 0.5) is 5.69 Å². The fraction of sp³-hybridized carbons (Fsp3) is 0.312. The van der Waals surface area contributed by atoms with Crippen LogP contribution in [0.5, 0.6) is 0 Å². The Morgan fingerprint density at radius 1 is 1.00 bits per heavy atom. The third kappa shape index (κ3) is 3.76. The lowest BCUT2D eigenvalue weighted by atomic mass is 10.2. The Kier molecular flexibility index (Phi) is 4.90. The van der Waals surface area contributed by atoms with E-state index >= 15 is 0 Å². The number of rotatable bonds is 4. The van der Waals surface area contributed by atoms with Crippen LogP contribution in [0.2, 0.25) is 0 Å². The Morgan fingerprint density at radius 3 is 2.36 bits per heavy atom. The van der Waals surface area contributed by atoms with Crippen molar-refractivity contribution in [3.05, 3.63) is 48.8 Å². The number of piperazine rings is 1. The SMILES string of the molecule is O=C(CSc1ncccn1)N1CCN(c2ccccc2)CC1. The van der Waals surface area contributed by atoms with Crippen LogP contribution in [0, 0.1) is 0 Å². The summed E-state index contributed by atoms with van der Waals surface area (Å²) in [6, 6.07) is 12.1. The van der Waals surface area contributed by atoms with Crippen LogP contribution in [-0.2, 0) is 4.79 Å². The number of benzene rings is 1. The first-order valence-corrected chi connectivity index (χ1v) is 8.29. The minimum absolute atomic E-state index is 0.158. The van der Waals surface area contributed by atoms with Crippen LogP contribution in [0.1, 0.15) is 0 Å². The highest BCUT2D eigenvalue weighted by atomic mass is 32.2. The first-order valence-electron chi connectivity index (χ1n) is 7.30. The number of anilines is 1. The predicted octanol–water partition coefficient (Wildman–Crippen LogP) is 1.92. The van der Waals surface area contributed by atoms with Crippen LogP contribution in [0.3, 0.4) is 0 Å². The van der Waals surface area contributed by atoms with Crippen molar-refractivity contribution in [1.82, 2.24) is 14.9 Å². The van der Waals surface area contributed by atoms with Gasteiger partial charge in [0.05, 0.1) is 5.75 Å². The smallest absolute Gasteiger partial charge is 0.233 e. The number of nitrogens with zero attached hydrogens (tertiary/aromatic N) is 4. The Balaban J connectivity index is 1.48. The summed E-state index contributed by atoms with van der Waals surface area (Å²) in [6.07, 6.45) is 3.39. The number of para-hydroxylation sites is 1. The zero-order chi connectivity index (χ0) is 15.2. The van der Waals surface area contributed by atoms with Gasteiger partial charge < -0.3 is 9.80 Å². The minimum Gasteiger partial charge on any atom is -0.368 e. The number of hydrogen-bond acceptors (Lipinski definition) is 5. The van der Waals surface area contributed by atoms with Gasteiger partial charge in [0.2, 0.25) is 5.91 Å². The van der Waals surface area contributed by atoms with Gasteiger partial charge >= 0.3 is 0 Å². The van der Waals surface area contributed by atoms with E-state index in [0.29, 0.717) is 10.9 Å². The molecular weight excluding hydrogens is 296 g/mol. The third-order valence-electron chi connectivity index (χ3n) is 3.62. The number of hydrogen-bond donors (Lipinski definition) is 0. The number of amides is 1. The molecule has 1 aromatic carbocycles. The number of carbonyl (C=O) groups is 1. The lowest BCUT2D eigenvalue weighted by Crippen LogP contribution is -2.49. The standard InChI is InChI=1S/C16H18N4OS/c21-15(13-22-16-17-7-4-8-18-16)20-11-9-19(10-12-20)14-5-2-1-3-6-14/h1-8H,9-13H2. The first kappa shape index (κ1) is 14.8. The maximum atomic E-state index is 12.2. The zero-order valence-corrected chi connectivity index (χ0v) is 13.1. The van der Waals surface area contributed by atoms with Crippen LogP contribution in [0.25, 0.3) is 0 Å². The second-order valence-electron chi connectivity index (χ2n) is 5.02. The van der Waals surface area contributed by atoms with Gasteiger partial charge in [-0.25, -0.2) is 9.97 Å². The van der Waals surface area contributed by atoms with E-state index < -0.39 is 0 Å². The lowest BCUT2D eigenvalue weighted by Gasteiger charge is -2.36. The molecule has 1 aromatic heterocycles. The summed E-state index contributed by atoms with van der Waals surface area (Å²) in [7, 11) is 0. The molecule has 0 unspecified atom stereocenters. The molecular formula is C16H18N4OS. The van der Waals surface area contributed by atoms with E-state index in [4.69, 9.17) is 0 Å². The van der Waals surface area contributed by atoms with Crippen molar-refractivity contribution >= 4 is 23.4 Å². The Bertz CT molecular complexity index is 600. The number of carbonyl (C=O) groups excluding carboxylic acids is 1. The van der Waals surface area contributed by atoms with Gasteiger partial charge in [-0.15, -0.1) is 0 Å². The normalized spacial score (nSPS) is 14.9. The van der Waals surface area contributed by atoms with Crippen molar-refractivity contribution in [3.8, 4) is 0 Å². The maximum Gasteiger partial charge on any atom is 0.233 e. The van der Waals surface area contributed by atoms with Gasteiger partial charge in [-0.2, -0.15) is 0 Å². The van der Waals surface area contributed by atoms with Crippen molar-refractivity contribution in [3.63, 3.8) is 0 Å². The fourth-order valence-corrected chi connectivity index (χ4v) is 3.14. The van der Waals surface area contributed by atoms with Gasteiger partial charge in [0, 0.05) is 44.3 Å². The van der Waals surface area contributed by atoms with Gasteiger partial charge in [0.1, 0.15) is 0 Å². The van der Waals surface area contributed by atoms with Gasteiger partial charge in [-0.1, -0.05) is 30.0 Å². The summed E-state index contributed by atoms with van der Waals surface area (Å²) in [5, 5.41) is 0.652. The van der Waals surface area contributed by atoms with Crippen molar-refractivity contribution < 1.29 is 4.79 Å². The largest absolute Gasteiger partial charge is 0.368 e. The van der Waals surface area contributed by atoms with Crippen molar-refractivity contribution in [2.45, 2.75) is 5.16 Å². The second-order valence-corrected chi connectivity index (χ2v) is 5.97. The maximum absolute atomic E-state index is 12.2. The summed E-state index contributed by atoms with van der Waals surface area (Å²) < 4.78 is 0. The van der Waals surface area contributed by atoms with E-state index in [1.807, 2.05) is 23.1 Å². The van der Waals surface area contributed by atoms with Gasteiger partial charge in [-0.3, -0.25) is 4.79 Å². The molecule has 0 spiro atoms. The molecule has 114 valence electrons.